The van der Waals surface area contributed by atoms with E-state index >= 15 is 0 Å². The Morgan fingerprint density at radius 2 is 1.26 bits per heavy atom. The van der Waals surface area contributed by atoms with Crippen LogP contribution in [0.5, 0.6) is 0 Å². The molecule has 1 N–H and O–H groups in total. The van der Waals surface area contributed by atoms with Gasteiger partial charge in [0.2, 0.25) is 0 Å². The highest BCUT2D eigenvalue weighted by Gasteiger charge is 2.59. The van der Waals surface area contributed by atoms with E-state index in [9.17, 15) is 5.11 Å². The Kier molecular flexibility index (Phi) is 3.12. The number of hydrogen-bond donors (Lipinski definition) is 1. The van der Waals surface area contributed by atoms with Gasteiger partial charge in [0.25, 0.3) is 0 Å². The summed E-state index contributed by atoms with van der Waals surface area (Å²) in [6.07, 6.45) is 0. The van der Waals surface area contributed by atoms with Crippen molar-refractivity contribution in [2.75, 3.05) is 0 Å². The van der Waals surface area contributed by atoms with E-state index in [1.165, 1.54) is 0 Å². The quantitative estimate of drug-likeness (QED) is 0.843. The van der Waals surface area contributed by atoms with Crippen LogP contribution in [0.15, 0.2) is 60.7 Å². The predicted octanol–water partition coefficient (Wildman–Crippen LogP) is 3.80. The van der Waals surface area contributed by atoms with Crippen molar-refractivity contribution in [3.63, 3.8) is 0 Å². The van der Waals surface area contributed by atoms with Gasteiger partial charge in [-0.3, -0.25) is 0 Å². The van der Waals surface area contributed by atoms with Crippen LogP contribution in [0.4, 0.5) is 0 Å². The van der Waals surface area contributed by atoms with E-state index in [4.69, 9.17) is 11.6 Å². The van der Waals surface area contributed by atoms with Crippen LogP contribution in [0.1, 0.15) is 18.1 Å². The second-order valence-electron chi connectivity index (χ2n) is 5.33. The zero-order valence-electron chi connectivity index (χ0n) is 10.8. The van der Waals surface area contributed by atoms with Crippen LogP contribution < -0.4 is 0 Å². The molecular formula is C17H17ClO. The molecule has 0 heterocycles. The molecule has 0 unspecified atom stereocenters. The topological polar surface area (TPSA) is 20.2 Å². The maximum atomic E-state index is 11.4. The Bertz CT molecular complexity index is 504. The standard InChI is InChI=1S/C17H17ClO/c1-12-15(16(12)18)17(19,13-8-4-2-5-9-13)14-10-6-3-7-11-14/h2-12,15-16,19H,1H3/t12-,15-,16-/m1/s1. The lowest BCUT2D eigenvalue weighted by Crippen LogP contribution is -2.31. The van der Waals surface area contributed by atoms with Crippen molar-refractivity contribution >= 4 is 11.6 Å². The van der Waals surface area contributed by atoms with Crippen molar-refractivity contribution in [2.45, 2.75) is 17.9 Å². The molecule has 1 aliphatic rings. The SMILES string of the molecule is C[C@H]1[C@@H](Cl)[C@@H]1C(O)(c1ccccc1)c1ccccc1. The monoisotopic (exact) mass is 272 g/mol. The maximum Gasteiger partial charge on any atom is 0.119 e. The minimum Gasteiger partial charge on any atom is -0.380 e. The lowest BCUT2D eigenvalue weighted by atomic mass is 9.81. The molecule has 3 atom stereocenters. The van der Waals surface area contributed by atoms with Crippen LogP contribution in [-0.4, -0.2) is 10.5 Å². The van der Waals surface area contributed by atoms with Crippen LogP contribution in [0, 0.1) is 11.8 Å². The zero-order chi connectivity index (χ0) is 13.5. The molecule has 0 saturated heterocycles. The summed E-state index contributed by atoms with van der Waals surface area (Å²) in [4.78, 5) is 0. The first-order valence-corrected chi connectivity index (χ1v) is 7.07. The number of benzene rings is 2. The van der Waals surface area contributed by atoms with E-state index in [0.717, 1.165) is 11.1 Å². The molecule has 2 aromatic rings. The molecule has 0 spiro atoms. The molecule has 2 heteroatoms. The van der Waals surface area contributed by atoms with Crippen molar-refractivity contribution in [3.8, 4) is 0 Å². The van der Waals surface area contributed by atoms with Crippen LogP contribution in [0.2, 0.25) is 0 Å². The summed E-state index contributed by atoms with van der Waals surface area (Å²) >= 11 is 6.33. The lowest BCUT2D eigenvalue weighted by molar-refractivity contribution is 0.0518. The third-order valence-corrected chi connectivity index (χ3v) is 4.85. The van der Waals surface area contributed by atoms with Gasteiger partial charge in [-0.25, -0.2) is 0 Å². The molecule has 0 aromatic heterocycles. The summed E-state index contributed by atoms with van der Waals surface area (Å²) in [5.74, 6) is 0.394. The Hall–Kier alpha value is -1.31. The molecule has 2 aromatic carbocycles. The van der Waals surface area contributed by atoms with Gasteiger partial charge < -0.3 is 5.11 Å². The molecule has 19 heavy (non-hydrogen) atoms. The predicted molar refractivity (Wildman–Crippen MR) is 78.2 cm³/mol. The molecule has 0 amide bonds. The molecule has 1 nitrogen and oxygen atoms in total. The number of hydrogen-bond acceptors (Lipinski definition) is 1. The Labute approximate surface area is 118 Å². The smallest absolute Gasteiger partial charge is 0.119 e. The van der Waals surface area contributed by atoms with E-state index < -0.39 is 5.60 Å². The summed E-state index contributed by atoms with van der Waals surface area (Å²) in [6.45, 7) is 2.10. The zero-order valence-corrected chi connectivity index (χ0v) is 11.6. The minimum absolute atomic E-state index is 0.0328. The van der Waals surface area contributed by atoms with Crippen LogP contribution in [-0.2, 0) is 5.60 Å². The van der Waals surface area contributed by atoms with Gasteiger partial charge >= 0.3 is 0 Å². The summed E-state index contributed by atoms with van der Waals surface area (Å²) in [7, 11) is 0. The van der Waals surface area contributed by atoms with E-state index in [2.05, 4.69) is 6.92 Å². The first kappa shape index (κ1) is 12.7. The number of rotatable bonds is 3. The van der Waals surface area contributed by atoms with Crippen molar-refractivity contribution < 1.29 is 5.11 Å². The first-order chi connectivity index (χ1) is 9.15. The molecule has 1 fully saturated rings. The van der Waals surface area contributed by atoms with Crippen LogP contribution in [0.3, 0.4) is 0 Å². The van der Waals surface area contributed by atoms with E-state index in [-0.39, 0.29) is 11.3 Å². The van der Waals surface area contributed by atoms with Gasteiger partial charge in [0.15, 0.2) is 0 Å². The molecule has 98 valence electrons. The summed E-state index contributed by atoms with van der Waals surface area (Å²) in [6, 6.07) is 19.7. The second-order valence-corrected chi connectivity index (χ2v) is 5.83. The third kappa shape index (κ3) is 1.98. The van der Waals surface area contributed by atoms with Gasteiger partial charge in [0, 0.05) is 11.3 Å². The van der Waals surface area contributed by atoms with Gasteiger partial charge in [-0.2, -0.15) is 0 Å². The first-order valence-electron chi connectivity index (χ1n) is 6.63. The highest BCUT2D eigenvalue weighted by atomic mass is 35.5. The minimum atomic E-state index is -0.992. The molecule has 1 saturated carbocycles. The summed E-state index contributed by atoms with van der Waals surface area (Å²) in [5, 5.41) is 11.4. The second kappa shape index (κ2) is 4.66. The molecule has 0 radical (unpaired) electrons. The summed E-state index contributed by atoms with van der Waals surface area (Å²) in [5.41, 5.74) is 0.844. The van der Waals surface area contributed by atoms with E-state index in [0.29, 0.717) is 5.92 Å². The largest absolute Gasteiger partial charge is 0.380 e. The van der Waals surface area contributed by atoms with Gasteiger partial charge in [-0.05, 0) is 17.0 Å². The Balaban J connectivity index is 2.12. The van der Waals surface area contributed by atoms with Crippen molar-refractivity contribution in [1.29, 1.82) is 0 Å². The third-order valence-electron chi connectivity index (χ3n) is 4.18. The summed E-state index contributed by atoms with van der Waals surface area (Å²) < 4.78 is 0. The van der Waals surface area contributed by atoms with Crippen LogP contribution in [0.25, 0.3) is 0 Å². The maximum absolute atomic E-state index is 11.4. The fraction of sp³-hybridized carbons (Fsp3) is 0.294. The number of alkyl halides is 1. The Morgan fingerprint density at radius 3 is 1.58 bits per heavy atom. The molecular weight excluding hydrogens is 256 g/mol. The highest BCUT2D eigenvalue weighted by molar-refractivity contribution is 6.23. The average molecular weight is 273 g/mol. The van der Waals surface area contributed by atoms with Crippen molar-refractivity contribution in [3.05, 3.63) is 71.8 Å². The highest BCUT2D eigenvalue weighted by Crippen LogP contribution is 2.56. The number of aliphatic hydroxyl groups is 1. The van der Waals surface area contributed by atoms with E-state index in [1.54, 1.807) is 0 Å². The van der Waals surface area contributed by atoms with Crippen LogP contribution >= 0.6 is 11.6 Å². The molecule has 3 rings (SSSR count). The molecule has 0 bridgehead atoms. The van der Waals surface area contributed by atoms with Gasteiger partial charge in [-0.15, -0.1) is 11.6 Å². The van der Waals surface area contributed by atoms with Gasteiger partial charge in [-0.1, -0.05) is 67.6 Å². The van der Waals surface area contributed by atoms with Gasteiger partial charge in [0.05, 0.1) is 0 Å². The lowest BCUT2D eigenvalue weighted by Gasteiger charge is -2.30. The van der Waals surface area contributed by atoms with E-state index in [1.807, 2.05) is 60.7 Å². The Morgan fingerprint density at radius 1 is 0.895 bits per heavy atom. The molecule has 1 aliphatic carbocycles. The normalized spacial score (nSPS) is 26.2. The fourth-order valence-electron chi connectivity index (χ4n) is 2.96. The fourth-order valence-corrected chi connectivity index (χ4v) is 3.45. The number of halogens is 1. The van der Waals surface area contributed by atoms with Crippen molar-refractivity contribution in [2.24, 2.45) is 11.8 Å². The molecule has 0 aliphatic heterocycles. The average Bonchev–Trinajstić information content (AvgIpc) is 3.08. The van der Waals surface area contributed by atoms with Crippen molar-refractivity contribution in [1.82, 2.24) is 0 Å². The van der Waals surface area contributed by atoms with Gasteiger partial charge in [0.1, 0.15) is 5.60 Å².